The fraction of sp³-hybridized carbons (Fsp3) is 0.300. The molecule has 0 bridgehead atoms. The van der Waals surface area contributed by atoms with Crippen molar-refractivity contribution < 1.29 is 9.72 Å². The first-order valence-electron chi connectivity index (χ1n) is 8.70. The Morgan fingerprint density at radius 3 is 2.42 bits per heavy atom. The summed E-state index contributed by atoms with van der Waals surface area (Å²) in [4.78, 5) is 28.8. The van der Waals surface area contributed by atoms with Crippen LogP contribution < -0.4 is 0 Å². The quantitative estimate of drug-likeness (QED) is 0.344. The zero-order chi connectivity index (χ0) is 18.4. The number of ketones is 1. The Labute approximate surface area is 152 Å². The first kappa shape index (κ1) is 17.9. The van der Waals surface area contributed by atoms with Gasteiger partial charge in [0.1, 0.15) is 0 Å². The zero-order valence-electron chi connectivity index (χ0n) is 14.5. The van der Waals surface area contributed by atoms with Gasteiger partial charge >= 0.3 is 0 Å². The van der Waals surface area contributed by atoms with Gasteiger partial charge in [-0.2, -0.15) is 0 Å². The summed E-state index contributed by atoms with van der Waals surface area (Å²) in [5.74, 6) is 0.282. The van der Waals surface area contributed by atoms with E-state index in [1.54, 1.807) is 6.08 Å². The number of carbonyl (C=O) groups excluding carboxylic acids is 1. The summed E-state index contributed by atoms with van der Waals surface area (Å²) in [7, 11) is 0. The van der Waals surface area contributed by atoms with E-state index < -0.39 is 4.92 Å². The number of pyridine rings is 1. The Balaban J connectivity index is 1.49. The monoisotopic (exact) mass is 351 g/mol. The number of likely N-dealkylation sites (tertiary alicyclic amines) is 1. The molecule has 0 amide bonds. The summed E-state index contributed by atoms with van der Waals surface area (Å²) >= 11 is 0. The van der Waals surface area contributed by atoms with Crippen molar-refractivity contribution in [1.82, 2.24) is 9.88 Å². The maximum Gasteiger partial charge on any atom is 0.269 e. The number of nitro groups is 1. The largest absolute Gasteiger partial charge is 0.299 e. The fourth-order valence-corrected chi connectivity index (χ4v) is 3.12. The molecule has 0 radical (unpaired) electrons. The molecule has 1 aliphatic heterocycles. The second-order valence-electron chi connectivity index (χ2n) is 6.50. The first-order valence-corrected chi connectivity index (χ1v) is 8.70. The number of benzene rings is 1. The average Bonchev–Trinajstić information content (AvgIpc) is 2.68. The van der Waals surface area contributed by atoms with E-state index in [9.17, 15) is 14.9 Å². The highest BCUT2D eigenvalue weighted by atomic mass is 16.6. The minimum Gasteiger partial charge on any atom is -0.299 e. The van der Waals surface area contributed by atoms with Crippen LogP contribution in [0.4, 0.5) is 5.69 Å². The fourth-order valence-electron chi connectivity index (χ4n) is 3.12. The van der Waals surface area contributed by atoms with Crippen LogP contribution in [0.1, 0.15) is 28.8 Å². The topological polar surface area (TPSA) is 76.3 Å². The van der Waals surface area contributed by atoms with Crippen LogP contribution in [0.3, 0.4) is 0 Å². The van der Waals surface area contributed by atoms with Crippen molar-refractivity contribution in [1.29, 1.82) is 0 Å². The van der Waals surface area contributed by atoms with Gasteiger partial charge in [0.15, 0.2) is 5.78 Å². The number of aromatic nitrogens is 1. The van der Waals surface area contributed by atoms with Gasteiger partial charge in [-0.05, 0) is 67.8 Å². The molecule has 26 heavy (non-hydrogen) atoms. The van der Waals surface area contributed by atoms with Gasteiger partial charge in [0.2, 0.25) is 0 Å². The molecule has 0 atom stereocenters. The van der Waals surface area contributed by atoms with Crippen LogP contribution in [0.5, 0.6) is 0 Å². The second kappa shape index (κ2) is 8.49. The van der Waals surface area contributed by atoms with E-state index in [2.05, 4.69) is 9.88 Å². The molecule has 0 saturated carbocycles. The number of hydrogen-bond donors (Lipinski definition) is 0. The maximum absolute atomic E-state index is 12.2. The predicted molar refractivity (Wildman–Crippen MR) is 98.8 cm³/mol. The van der Waals surface area contributed by atoms with E-state index in [1.165, 1.54) is 29.8 Å². The van der Waals surface area contributed by atoms with Gasteiger partial charge in [0.05, 0.1) is 4.92 Å². The third kappa shape index (κ3) is 4.83. The molecule has 1 aromatic carbocycles. The first-order chi connectivity index (χ1) is 12.6. The Morgan fingerprint density at radius 1 is 1.15 bits per heavy atom. The zero-order valence-corrected chi connectivity index (χ0v) is 14.5. The van der Waals surface area contributed by atoms with Gasteiger partial charge in [0, 0.05) is 36.6 Å². The van der Waals surface area contributed by atoms with Crippen LogP contribution in [-0.2, 0) is 6.54 Å². The number of piperidine rings is 1. The lowest BCUT2D eigenvalue weighted by Crippen LogP contribution is -2.32. The van der Waals surface area contributed by atoms with E-state index >= 15 is 0 Å². The van der Waals surface area contributed by atoms with E-state index in [0.29, 0.717) is 11.5 Å². The van der Waals surface area contributed by atoms with E-state index in [-0.39, 0.29) is 11.5 Å². The normalized spacial score (nSPS) is 16.0. The number of carbonyl (C=O) groups is 1. The summed E-state index contributed by atoms with van der Waals surface area (Å²) in [6, 6.07) is 9.80. The van der Waals surface area contributed by atoms with Crippen LogP contribution in [-0.4, -0.2) is 33.7 Å². The molecule has 134 valence electrons. The number of nitro benzene ring substituents is 1. The van der Waals surface area contributed by atoms with E-state index in [1.807, 2.05) is 30.6 Å². The Kier molecular flexibility index (Phi) is 5.86. The van der Waals surface area contributed by atoms with Crippen molar-refractivity contribution >= 4 is 11.5 Å². The molecule has 0 N–H and O–H groups in total. The minimum absolute atomic E-state index is 0.00732. The lowest BCUT2D eigenvalue weighted by Gasteiger charge is -2.30. The molecule has 1 aromatic heterocycles. The van der Waals surface area contributed by atoms with Crippen molar-refractivity contribution in [3.05, 3.63) is 82.2 Å². The lowest BCUT2D eigenvalue weighted by atomic mass is 9.95. The van der Waals surface area contributed by atoms with Gasteiger partial charge in [-0.15, -0.1) is 0 Å². The highest BCUT2D eigenvalue weighted by Gasteiger charge is 2.17. The maximum atomic E-state index is 12.2. The van der Waals surface area contributed by atoms with Gasteiger partial charge in [-0.1, -0.05) is 6.08 Å². The Bertz CT molecular complexity index is 780. The molecule has 0 spiro atoms. The lowest BCUT2D eigenvalue weighted by molar-refractivity contribution is -0.384. The van der Waals surface area contributed by atoms with Crippen molar-refractivity contribution in [3.63, 3.8) is 0 Å². The molecule has 6 nitrogen and oxygen atoms in total. The van der Waals surface area contributed by atoms with Crippen molar-refractivity contribution in [2.45, 2.75) is 19.4 Å². The van der Waals surface area contributed by atoms with E-state index in [4.69, 9.17) is 0 Å². The van der Waals surface area contributed by atoms with E-state index in [0.717, 1.165) is 32.5 Å². The molecule has 0 unspecified atom stereocenters. The summed E-state index contributed by atoms with van der Waals surface area (Å²) in [5, 5.41) is 10.7. The molecule has 1 aliphatic rings. The number of nitrogens with zero attached hydrogens (tertiary/aromatic N) is 3. The van der Waals surface area contributed by atoms with Gasteiger partial charge in [-0.25, -0.2) is 0 Å². The summed E-state index contributed by atoms with van der Waals surface area (Å²) in [5.41, 5.74) is 1.73. The molecule has 2 heterocycles. The molecular formula is C20H21N3O3. The SMILES string of the molecule is O=C(/C=C/C1CCN(Cc2ccncc2)CC1)c1ccc([N+](=O)[O-])cc1. The van der Waals surface area contributed by atoms with Crippen LogP contribution >= 0.6 is 0 Å². The van der Waals surface area contributed by atoms with Crippen LogP contribution in [0, 0.1) is 16.0 Å². The van der Waals surface area contributed by atoms with Gasteiger partial charge in [0.25, 0.3) is 5.69 Å². The third-order valence-corrected chi connectivity index (χ3v) is 4.67. The molecule has 2 aromatic rings. The number of non-ortho nitro benzene ring substituents is 1. The molecule has 3 rings (SSSR count). The van der Waals surface area contributed by atoms with Crippen LogP contribution in [0.15, 0.2) is 60.9 Å². The number of rotatable bonds is 6. The van der Waals surface area contributed by atoms with Crippen LogP contribution in [0.2, 0.25) is 0 Å². The molecule has 6 heteroatoms. The van der Waals surface area contributed by atoms with Gasteiger partial charge in [-0.3, -0.25) is 24.8 Å². The Hall–Kier alpha value is -2.86. The predicted octanol–water partition coefficient (Wildman–Crippen LogP) is 3.64. The summed E-state index contributed by atoms with van der Waals surface area (Å²) in [6.45, 7) is 2.94. The third-order valence-electron chi connectivity index (χ3n) is 4.67. The molecular weight excluding hydrogens is 330 g/mol. The second-order valence-corrected chi connectivity index (χ2v) is 6.50. The van der Waals surface area contributed by atoms with Crippen LogP contribution in [0.25, 0.3) is 0 Å². The Morgan fingerprint density at radius 2 is 1.81 bits per heavy atom. The summed E-state index contributed by atoms with van der Waals surface area (Å²) in [6.07, 6.45) is 9.26. The average molecular weight is 351 g/mol. The van der Waals surface area contributed by atoms with Gasteiger partial charge < -0.3 is 0 Å². The highest BCUT2D eigenvalue weighted by molar-refractivity contribution is 6.04. The highest BCUT2D eigenvalue weighted by Crippen LogP contribution is 2.20. The molecule has 1 fully saturated rings. The molecule has 0 aliphatic carbocycles. The van der Waals surface area contributed by atoms with Crippen molar-refractivity contribution in [2.75, 3.05) is 13.1 Å². The van der Waals surface area contributed by atoms with Crippen molar-refractivity contribution in [2.24, 2.45) is 5.92 Å². The standard InChI is InChI=1S/C20H21N3O3/c24-20(18-2-4-19(5-3-18)23(25)26)6-1-16-9-13-22(14-10-16)15-17-7-11-21-12-8-17/h1-8,11-12,16H,9-10,13-15H2/b6-1+. The minimum atomic E-state index is -0.468. The molecule has 1 saturated heterocycles. The number of hydrogen-bond acceptors (Lipinski definition) is 5. The smallest absolute Gasteiger partial charge is 0.269 e. The summed E-state index contributed by atoms with van der Waals surface area (Å²) < 4.78 is 0. The van der Waals surface area contributed by atoms with Crippen molar-refractivity contribution in [3.8, 4) is 0 Å². The number of allylic oxidation sites excluding steroid dienone is 2.